The highest BCUT2D eigenvalue weighted by molar-refractivity contribution is 5.78. The summed E-state index contributed by atoms with van der Waals surface area (Å²) in [6.45, 7) is 2.48. The molecule has 1 heterocycles. The van der Waals surface area contributed by atoms with Gasteiger partial charge in [0, 0.05) is 19.5 Å². The molecule has 5 aliphatic rings. The van der Waals surface area contributed by atoms with Crippen molar-refractivity contribution in [3.8, 4) is 0 Å². The number of carboxylic acid groups (broad SMARTS) is 1. The first-order valence-corrected chi connectivity index (χ1v) is 9.23. The number of nitrogens with zero attached hydrogens (tertiary/aromatic N) is 1. The van der Waals surface area contributed by atoms with Crippen LogP contribution in [0.15, 0.2) is 0 Å². The Kier molecular flexibility index (Phi) is 4.95. The van der Waals surface area contributed by atoms with Gasteiger partial charge in [-0.2, -0.15) is 0 Å². The topological polar surface area (TPSA) is 83.6 Å². The minimum absolute atomic E-state index is 0.283. The number of aliphatic carboxylic acids is 1. The fourth-order valence-electron chi connectivity index (χ4n) is 5.60. The van der Waals surface area contributed by atoms with Crippen molar-refractivity contribution >= 4 is 11.9 Å². The van der Waals surface area contributed by atoms with Gasteiger partial charge in [0.15, 0.2) is 0 Å². The summed E-state index contributed by atoms with van der Waals surface area (Å²) >= 11 is 0. The van der Waals surface area contributed by atoms with Gasteiger partial charge in [0.1, 0.15) is 0 Å². The van der Waals surface area contributed by atoms with Crippen LogP contribution in [0.1, 0.15) is 57.8 Å². The molecule has 5 nitrogen and oxygen atoms in total. The molecule has 23 heavy (non-hydrogen) atoms. The lowest BCUT2D eigenvalue weighted by molar-refractivity contribution is -0.164. The molecule has 1 amide bonds. The highest BCUT2D eigenvalue weighted by Crippen LogP contribution is 2.59. The predicted octanol–water partition coefficient (Wildman–Crippen LogP) is 2.24. The first-order chi connectivity index (χ1) is 11.0. The molecule has 0 aromatic rings. The molecular weight excluding hydrogens is 292 g/mol. The van der Waals surface area contributed by atoms with Crippen LogP contribution in [-0.2, 0) is 9.59 Å². The largest absolute Gasteiger partial charge is 0.481 e. The Balaban J connectivity index is 0.000000142. The summed E-state index contributed by atoms with van der Waals surface area (Å²) < 4.78 is 0. The number of hydrogen-bond donors (Lipinski definition) is 2. The van der Waals surface area contributed by atoms with Crippen LogP contribution in [-0.4, -0.2) is 41.5 Å². The van der Waals surface area contributed by atoms with Gasteiger partial charge in [-0.15, -0.1) is 0 Å². The first-order valence-electron chi connectivity index (χ1n) is 9.23. The Morgan fingerprint density at radius 3 is 2.13 bits per heavy atom. The molecule has 5 heteroatoms. The Bertz CT molecular complexity index is 428. The maximum absolute atomic E-state index is 11.3. The Labute approximate surface area is 138 Å². The molecule has 4 aliphatic carbocycles. The molecule has 0 aromatic carbocycles. The fraction of sp³-hybridized carbons (Fsp3) is 0.889. The van der Waals surface area contributed by atoms with Gasteiger partial charge in [-0.25, -0.2) is 0 Å². The molecular formula is C18H30N2O3. The average molecular weight is 322 g/mol. The number of likely N-dealkylation sites (tertiary alicyclic amines) is 1. The van der Waals surface area contributed by atoms with Gasteiger partial charge in [0.2, 0.25) is 5.91 Å². The molecule has 0 atom stereocenters. The quantitative estimate of drug-likeness (QED) is 0.831. The van der Waals surface area contributed by atoms with Crippen LogP contribution in [0.3, 0.4) is 0 Å². The van der Waals surface area contributed by atoms with Crippen LogP contribution < -0.4 is 5.73 Å². The molecule has 4 bridgehead atoms. The monoisotopic (exact) mass is 322 g/mol. The standard InChI is InChI=1S/C11H16O2.C7H14N2O/c12-10(13)11-4-7-1-8(5-11)3-9(2-7)6-11;8-4-2-6-9-5-1-3-7(9)10/h7-9H,1-6H2,(H,12,13);1-6,8H2. The molecule has 5 fully saturated rings. The maximum Gasteiger partial charge on any atom is 0.309 e. The second kappa shape index (κ2) is 6.80. The average Bonchev–Trinajstić information content (AvgIpc) is 2.89. The van der Waals surface area contributed by atoms with Gasteiger partial charge in [-0.1, -0.05) is 0 Å². The predicted molar refractivity (Wildman–Crippen MR) is 87.7 cm³/mol. The lowest BCUT2D eigenvalue weighted by Gasteiger charge is -2.54. The minimum atomic E-state index is -0.508. The van der Waals surface area contributed by atoms with E-state index in [0.29, 0.717) is 12.5 Å². The van der Waals surface area contributed by atoms with Gasteiger partial charge >= 0.3 is 5.97 Å². The van der Waals surface area contributed by atoms with Gasteiger partial charge in [-0.3, -0.25) is 9.59 Å². The van der Waals surface area contributed by atoms with Crippen molar-refractivity contribution in [3.63, 3.8) is 0 Å². The van der Waals surface area contributed by atoms with E-state index in [0.717, 1.165) is 69.4 Å². The highest BCUT2D eigenvalue weighted by Gasteiger charge is 2.54. The number of hydrogen-bond acceptors (Lipinski definition) is 3. The third kappa shape index (κ3) is 3.54. The summed E-state index contributed by atoms with van der Waals surface area (Å²) in [7, 11) is 0. The van der Waals surface area contributed by atoms with Crippen molar-refractivity contribution in [2.75, 3.05) is 19.6 Å². The zero-order chi connectivity index (χ0) is 16.4. The minimum Gasteiger partial charge on any atom is -0.481 e. The normalized spacial score (nSPS) is 37.7. The molecule has 0 spiro atoms. The third-order valence-corrected chi connectivity index (χ3v) is 6.30. The second-order valence-corrected chi connectivity index (χ2v) is 8.13. The van der Waals surface area contributed by atoms with Crippen molar-refractivity contribution in [2.45, 2.75) is 57.8 Å². The van der Waals surface area contributed by atoms with Crippen molar-refractivity contribution in [1.82, 2.24) is 4.90 Å². The van der Waals surface area contributed by atoms with Crippen LogP contribution in [0.4, 0.5) is 0 Å². The van der Waals surface area contributed by atoms with Gasteiger partial charge < -0.3 is 15.7 Å². The summed E-state index contributed by atoms with van der Waals surface area (Å²) in [4.78, 5) is 24.1. The summed E-state index contributed by atoms with van der Waals surface area (Å²) in [5.41, 5.74) is 5.03. The van der Waals surface area contributed by atoms with Gasteiger partial charge in [-0.05, 0) is 75.7 Å². The molecule has 0 unspecified atom stereocenters. The lowest BCUT2D eigenvalue weighted by atomic mass is 9.49. The highest BCUT2D eigenvalue weighted by atomic mass is 16.4. The van der Waals surface area contributed by atoms with Crippen molar-refractivity contribution < 1.29 is 14.7 Å². The number of amides is 1. The van der Waals surface area contributed by atoms with Crippen LogP contribution in [0.5, 0.6) is 0 Å². The van der Waals surface area contributed by atoms with E-state index in [1.165, 1.54) is 19.3 Å². The van der Waals surface area contributed by atoms with E-state index in [1.807, 2.05) is 4.90 Å². The summed E-state index contributed by atoms with van der Waals surface area (Å²) in [5.74, 6) is 2.05. The zero-order valence-corrected chi connectivity index (χ0v) is 14.0. The SMILES string of the molecule is NCCCN1CCCC1=O.O=C(O)C12CC3CC(CC(C3)C1)C2. The van der Waals surface area contributed by atoms with Gasteiger partial charge in [0.05, 0.1) is 5.41 Å². The van der Waals surface area contributed by atoms with Gasteiger partial charge in [0.25, 0.3) is 0 Å². The number of rotatable bonds is 4. The smallest absolute Gasteiger partial charge is 0.309 e. The Morgan fingerprint density at radius 1 is 1.17 bits per heavy atom. The summed E-state index contributed by atoms with van der Waals surface area (Å²) in [5, 5.41) is 9.28. The third-order valence-electron chi connectivity index (χ3n) is 6.30. The molecule has 130 valence electrons. The zero-order valence-electron chi connectivity index (χ0n) is 14.0. The molecule has 1 saturated heterocycles. The van der Waals surface area contributed by atoms with E-state index < -0.39 is 5.97 Å². The molecule has 4 saturated carbocycles. The molecule has 1 aliphatic heterocycles. The Hall–Kier alpha value is -1.10. The fourth-order valence-corrected chi connectivity index (χ4v) is 5.60. The molecule has 0 aromatic heterocycles. The van der Waals surface area contributed by atoms with E-state index in [9.17, 15) is 14.7 Å². The van der Waals surface area contributed by atoms with E-state index in [2.05, 4.69) is 0 Å². The van der Waals surface area contributed by atoms with Crippen molar-refractivity contribution in [3.05, 3.63) is 0 Å². The lowest BCUT2D eigenvalue weighted by Crippen LogP contribution is -2.49. The Morgan fingerprint density at radius 2 is 1.74 bits per heavy atom. The van der Waals surface area contributed by atoms with Crippen LogP contribution in [0, 0.1) is 23.2 Å². The molecule has 5 rings (SSSR count). The van der Waals surface area contributed by atoms with Crippen LogP contribution in [0.25, 0.3) is 0 Å². The number of carboxylic acids is 1. The van der Waals surface area contributed by atoms with Crippen molar-refractivity contribution in [1.29, 1.82) is 0 Å². The second-order valence-electron chi connectivity index (χ2n) is 8.13. The summed E-state index contributed by atoms with van der Waals surface area (Å²) in [6.07, 6.45) is 9.63. The first kappa shape index (κ1) is 16.7. The van der Waals surface area contributed by atoms with Crippen LogP contribution in [0.2, 0.25) is 0 Å². The maximum atomic E-state index is 11.3. The van der Waals surface area contributed by atoms with Crippen molar-refractivity contribution in [2.24, 2.45) is 28.9 Å². The van der Waals surface area contributed by atoms with E-state index in [-0.39, 0.29) is 5.41 Å². The van der Waals surface area contributed by atoms with Crippen LogP contribution >= 0.6 is 0 Å². The van der Waals surface area contributed by atoms with E-state index in [1.54, 1.807) is 0 Å². The molecule has 3 N–H and O–H groups in total. The number of carbonyl (C=O) groups is 2. The molecule has 0 radical (unpaired) electrons. The number of carbonyl (C=O) groups excluding carboxylic acids is 1. The van der Waals surface area contributed by atoms with E-state index >= 15 is 0 Å². The van der Waals surface area contributed by atoms with E-state index in [4.69, 9.17) is 5.73 Å². The number of nitrogens with two attached hydrogens (primary N) is 1. The summed E-state index contributed by atoms with van der Waals surface area (Å²) in [6, 6.07) is 0.